The number of nitro groups is 1. The summed E-state index contributed by atoms with van der Waals surface area (Å²) in [7, 11) is 3.08. The Labute approximate surface area is 150 Å². The van der Waals surface area contributed by atoms with Crippen molar-refractivity contribution in [3.8, 4) is 5.75 Å². The van der Waals surface area contributed by atoms with E-state index in [1.54, 1.807) is 31.4 Å². The number of anilines is 1. The zero-order valence-electron chi connectivity index (χ0n) is 14.5. The van der Waals surface area contributed by atoms with Gasteiger partial charge >= 0.3 is 0 Å². The molecule has 0 unspecified atom stereocenters. The van der Waals surface area contributed by atoms with E-state index < -0.39 is 4.92 Å². The molecule has 0 aliphatic heterocycles. The average Bonchev–Trinajstić information content (AvgIpc) is 2.62. The Morgan fingerprint density at radius 1 is 1.12 bits per heavy atom. The first kappa shape index (κ1) is 18.9. The molecule has 0 atom stereocenters. The average molecular weight is 357 g/mol. The van der Waals surface area contributed by atoms with Crippen LogP contribution in [0.15, 0.2) is 48.5 Å². The number of nitrogens with zero attached hydrogens (tertiary/aromatic N) is 2. The second kappa shape index (κ2) is 8.61. The van der Waals surface area contributed by atoms with Crippen LogP contribution in [0.5, 0.6) is 5.75 Å². The fraction of sp³-hybridized carbons (Fsp3) is 0.222. The molecule has 8 heteroatoms. The SMILES string of the molecule is COc1ccc(NC(=O)CN(C)C(=O)Cc2ccc([N+](=O)[O-])cc2)cc1. The minimum absolute atomic E-state index is 0.0339. The Bertz CT molecular complexity index is 787. The van der Waals surface area contributed by atoms with Crippen LogP contribution in [0.2, 0.25) is 0 Å². The molecule has 0 fully saturated rings. The first-order chi connectivity index (χ1) is 12.4. The summed E-state index contributed by atoms with van der Waals surface area (Å²) in [4.78, 5) is 35.7. The van der Waals surface area contributed by atoms with E-state index in [0.29, 0.717) is 17.0 Å². The number of nitrogens with one attached hydrogen (secondary N) is 1. The van der Waals surface area contributed by atoms with Crippen LogP contribution in [0.4, 0.5) is 11.4 Å². The lowest BCUT2D eigenvalue weighted by molar-refractivity contribution is -0.384. The topological polar surface area (TPSA) is 102 Å². The lowest BCUT2D eigenvalue weighted by Crippen LogP contribution is -2.35. The van der Waals surface area contributed by atoms with Crippen molar-refractivity contribution in [3.05, 3.63) is 64.2 Å². The van der Waals surface area contributed by atoms with Gasteiger partial charge in [0.05, 0.1) is 25.0 Å². The van der Waals surface area contributed by atoms with Crippen LogP contribution in [-0.4, -0.2) is 42.3 Å². The molecule has 2 aromatic carbocycles. The molecule has 136 valence electrons. The molecule has 0 bridgehead atoms. The second-order valence-electron chi connectivity index (χ2n) is 5.63. The number of carbonyl (C=O) groups excluding carboxylic acids is 2. The van der Waals surface area contributed by atoms with E-state index in [9.17, 15) is 19.7 Å². The number of carbonyl (C=O) groups is 2. The summed E-state index contributed by atoms with van der Waals surface area (Å²) in [5.41, 5.74) is 1.21. The third-order valence-electron chi connectivity index (χ3n) is 3.68. The fourth-order valence-corrected chi connectivity index (χ4v) is 2.22. The van der Waals surface area contributed by atoms with Gasteiger partial charge in [0.25, 0.3) is 5.69 Å². The van der Waals surface area contributed by atoms with Crippen molar-refractivity contribution in [1.29, 1.82) is 0 Å². The van der Waals surface area contributed by atoms with Gasteiger partial charge in [-0.1, -0.05) is 12.1 Å². The third-order valence-corrected chi connectivity index (χ3v) is 3.68. The summed E-state index contributed by atoms with van der Waals surface area (Å²) >= 11 is 0. The standard InChI is InChI=1S/C18H19N3O5/c1-20(12-17(22)19-14-5-9-16(26-2)10-6-14)18(23)11-13-3-7-15(8-4-13)21(24)25/h3-10H,11-12H2,1-2H3,(H,19,22). The molecule has 2 aromatic rings. The molecule has 8 nitrogen and oxygen atoms in total. The van der Waals surface area contributed by atoms with Gasteiger partial charge in [-0.3, -0.25) is 19.7 Å². The van der Waals surface area contributed by atoms with E-state index in [-0.39, 0.29) is 30.5 Å². The lowest BCUT2D eigenvalue weighted by atomic mass is 10.1. The third kappa shape index (κ3) is 5.30. The van der Waals surface area contributed by atoms with E-state index in [4.69, 9.17) is 4.74 Å². The van der Waals surface area contributed by atoms with Gasteiger partial charge in [-0.2, -0.15) is 0 Å². The van der Waals surface area contributed by atoms with Crippen LogP contribution in [0, 0.1) is 10.1 Å². The van der Waals surface area contributed by atoms with Crippen molar-refractivity contribution in [1.82, 2.24) is 4.90 Å². The number of amides is 2. The molecule has 0 aliphatic carbocycles. The molecule has 0 saturated carbocycles. The summed E-state index contributed by atoms with van der Waals surface area (Å²) < 4.78 is 5.04. The summed E-state index contributed by atoms with van der Waals surface area (Å²) in [5, 5.41) is 13.3. The van der Waals surface area contributed by atoms with Crippen molar-refractivity contribution in [2.24, 2.45) is 0 Å². The van der Waals surface area contributed by atoms with Gasteiger partial charge in [0.1, 0.15) is 5.75 Å². The first-order valence-corrected chi connectivity index (χ1v) is 7.80. The molecule has 0 aliphatic rings. The van der Waals surface area contributed by atoms with E-state index in [1.807, 2.05) is 0 Å². The Balaban J connectivity index is 1.86. The number of likely N-dealkylation sites (N-methyl/N-ethyl adjacent to an activating group) is 1. The molecule has 1 N–H and O–H groups in total. The highest BCUT2D eigenvalue weighted by Gasteiger charge is 2.14. The van der Waals surface area contributed by atoms with Crippen LogP contribution in [0.3, 0.4) is 0 Å². The molecule has 0 radical (unpaired) electrons. The lowest BCUT2D eigenvalue weighted by Gasteiger charge is -2.17. The highest BCUT2D eigenvalue weighted by molar-refractivity contribution is 5.94. The van der Waals surface area contributed by atoms with Crippen LogP contribution in [0.25, 0.3) is 0 Å². The highest BCUT2D eigenvalue weighted by Crippen LogP contribution is 2.15. The quantitative estimate of drug-likeness (QED) is 0.605. The van der Waals surface area contributed by atoms with E-state index >= 15 is 0 Å². The minimum atomic E-state index is -0.499. The largest absolute Gasteiger partial charge is 0.497 e. The minimum Gasteiger partial charge on any atom is -0.497 e. The number of nitro benzene ring substituents is 1. The maximum atomic E-state index is 12.2. The Morgan fingerprint density at radius 2 is 1.73 bits per heavy atom. The van der Waals surface area contributed by atoms with Gasteiger partial charge in [-0.15, -0.1) is 0 Å². The monoisotopic (exact) mass is 357 g/mol. The van der Waals surface area contributed by atoms with E-state index in [2.05, 4.69) is 5.32 Å². The summed E-state index contributed by atoms with van der Waals surface area (Å²) in [6.45, 7) is -0.0994. The molecular formula is C18H19N3O5. The van der Waals surface area contributed by atoms with Gasteiger partial charge in [0, 0.05) is 24.9 Å². The molecule has 2 amide bonds. The number of rotatable bonds is 7. The molecule has 0 aromatic heterocycles. The van der Waals surface area contributed by atoms with Crippen LogP contribution in [0.1, 0.15) is 5.56 Å². The first-order valence-electron chi connectivity index (χ1n) is 7.80. The van der Waals surface area contributed by atoms with Gasteiger partial charge in [0.2, 0.25) is 11.8 Å². The Hall–Kier alpha value is -3.42. The number of hydrogen-bond donors (Lipinski definition) is 1. The summed E-state index contributed by atoms with van der Waals surface area (Å²) in [6.07, 6.45) is 0.0598. The van der Waals surface area contributed by atoms with Gasteiger partial charge < -0.3 is 15.0 Å². The van der Waals surface area contributed by atoms with Gasteiger partial charge in [-0.05, 0) is 29.8 Å². The number of benzene rings is 2. The predicted molar refractivity (Wildman–Crippen MR) is 96.1 cm³/mol. The molecule has 0 spiro atoms. The fourth-order valence-electron chi connectivity index (χ4n) is 2.22. The van der Waals surface area contributed by atoms with Crippen LogP contribution < -0.4 is 10.1 Å². The number of ether oxygens (including phenoxy) is 1. The smallest absolute Gasteiger partial charge is 0.269 e. The normalized spacial score (nSPS) is 10.1. The number of methoxy groups -OCH3 is 1. The van der Waals surface area contributed by atoms with Gasteiger partial charge in [-0.25, -0.2) is 0 Å². The van der Waals surface area contributed by atoms with Crippen molar-refractivity contribution in [3.63, 3.8) is 0 Å². The maximum absolute atomic E-state index is 12.2. The van der Waals surface area contributed by atoms with E-state index in [1.165, 1.54) is 36.2 Å². The van der Waals surface area contributed by atoms with Crippen LogP contribution >= 0.6 is 0 Å². The zero-order valence-corrected chi connectivity index (χ0v) is 14.5. The summed E-state index contributed by atoms with van der Waals surface area (Å²) in [5.74, 6) is 0.0943. The predicted octanol–water partition coefficient (Wildman–Crippen LogP) is 2.24. The molecule has 2 rings (SSSR count). The van der Waals surface area contributed by atoms with Crippen LogP contribution in [-0.2, 0) is 16.0 Å². The number of hydrogen-bond acceptors (Lipinski definition) is 5. The zero-order chi connectivity index (χ0) is 19.1. The van der Waals surface area contributed by atoms with Crippen molar-refractivity contribution in [2.75, 3.05) is 26.0 Å². The molecule has 0 heterocycles. The second-order valence-corrected chi connectivity index (χ2v) is 5.63. The molecule has 0 saturated heterocycles. The Kier molecular flexibility index (Phi) is 6.26. The molecule has 26 heavy (non-hydrogen) atoms. The summed E-state index contributed by atoms with van der Waals surface area (Å²) in [6, 6.07) is 12.6. The Morgan fingerprint density at radius 3 is 2.27 bits per heavy atom. The molecular weight excluding hydrogens is 338 g/mol. The van der Waals surface area contributed by atoms with Gasteiger partial charge in [0.15, 0.2) is 0 Å². The van der Waals surface area contributed by atoms with E-state index in [0.717, 1.165) is 0 Å². The van der Waals surface area contributed by atoms with Crippen molar-refractivity contribution < 1.29 is 19.2 Å². The van der Waals surface area contributed by atoms with Crippen molar-refractivity contribution >= 4 is 23.2 Å². The highest BCUT2D eigenvalue weighted by atomic mass is 16.6. The number of non-ortho nitro benzene ring substituents is 1. The maximum Gasteiger partial charge on any atom is 0.269 e. The van der Waals surface area contributed by atoms with Crippen molar-refractivity contribution in [2.45, 2.75) is 6.42 Å².